The van der Waals surface area contributed by atoms with Crippen molar-refractivity contribution >= 4 is 5.91 Å². The highest BCUT2D eigenvalue weighted by atomic mass is 19.2. The van der Waals surface area contributed by atoms with Crippen molar-refractivity contribution < 1.29 is 13.6 Å². The Morgan fingerprint density at radius 2 is 2.19 bits per heavy atom. The number of rotatable bonds is 4. The lowest BCUT2D eigenvalue weighted by Gasteiger charge is -2.10. The molecule has 0 aromatic heterocycles. The van der Waals surface area contributed by atoms with Gasteiger partial charge in [-0.05, 0) is 18.6 Å². The third-order valence-electron chi connectivity index (χ3n) is 2.25. The van der Waals surface area contributed by atoms with Crippen LogP contribution in [0.15, 0.2) is 18.2 Å². The molecule has 0 saturated heterocycles. The average molecular weight is 228 g/mol. The second-order valence-corrected chi connectivity index (χ2v) is 3.48. The summed E-state index contributed by atoms with van der Waals surface area (Å²) >= 11 is 0. The molecule has 0 fully saturated rings. The SMILES string of the molecule is CCC(N)CNC(=O)c1cccc(F)c1F. The Bertz CT molecular complexity index is 382. The lowest BCUT2D eigenvalue weighted by Crippen LogP contribution is -2.37. The maximum absolute atomic E-state index is 13.2. The van der Waals surface area contributed by atoms with E-state index in [1.807, 2.05) is 6.92 Å². The van der Waals surface area contributed by atoms with E-state index in [0.717, 1.165) is 6.07 Å². The van der Waals surface area contributed by atoms with E-state index < -0.39 is 17.5 Å². The van der Waals surface area contributed by atoms with E-state index in [1.54, 1.807) is 0 Å². The third-order valence-corrected chi connectivity index (χ3v) is 2.25. The fourth-order valence-electron chi connectivity index (χ4n) is 1.14. The molecule has 0 aliphatic carbocycles. The number of benzene rings is 1. The summed E-state index contributed by atoms with van der Waals surface area (Å²) in [5, 5.41) is 2.45. The molecule has 0 aliphatic rings. The maximum atomic E-state index is 13.2. The van der Waals surface area contributed by atoms with Crippen molar-refractivity contribution in [2.45, 2.75) is 19.4 Å². The van der Waals surface area contributed by atoms with Gasteiger partial charge < -0.3 is 11.1 Å². The molecular formula is C11H14F2N2O. The van der Waals surface area contributed by atoms with Gasteiger partial charge in [0.15, 0.2) is 11.6 Å². The average Bonchev–Trinajstić information content (AvgIpc) is 2.29. The fraction of sp³-hybridized carbons (Fsp3) is 0.364. The van der Waals surface area contributed by atoms with Crippen LogP contribution >= 0.6 is 0 Å². The van der Waals surface area contributed by atoms with Crippen LogP contribution in [0, 0.1) is 11.6 Å². The van der Waals surface area contributed by atoms with E-state index in [1.165, 1.54) is 12.1 Å². The fourth-order valence-corrected chi connectivity index (χ4v) is 1.14. The van der Waals surface area contributed by atoms with Gasteiger partial charge in [0, 0.05) is 12.6 Å². The van der Waals surface area contributed by atoms with Crippen molar-refractivity contribution in [2.75, 3.05) is 6.54 Å². The number of amides is 1. The molecule has 5 heteroatoms. The van der Waals surface area contributed by atoms with Gasteiger partial charge in [-0.25, -0.2) is 8.78 Å². The van der Waals surface area contributed by atoms with Crippen molar-refractivity contribution in [1.29, 1.82) is 0 Å². The number of carbonyl (C=O) groups excluding carboxylic acids is 1. The van der Waals surface area contributed by atoms with Gasteiger partial charge >= 0.3 is 0 Å². The van der Waals surface area contributed by atoms with Gasteiger partial charge in [0.1, 0.15) is 0 Å². The second-order valence-electron chi connectivity index (χ2n) is 3.48. The zero-order valence-electron chi connectivity index (χ0n) is 8.97. The molecular weight excluding hydrogens is 214 g/mol. The minimum absolute atomic E-state index is 0.180. The predicted molar refractivity (Wildman–Crippen MR) is 57.0 cm³/mol. The van der Waals surface area contributed by atoms with E-state index in [0.29, 0.717) is 6.42 Å². The van der Waals surface area contributed by atoms with Gasteiger partial charge in [-0.3, -0.25) is 4.79 Å². The molecule has 1 aromatic carbocycles. The molecule has 3 nitrogen and oxygen atoms in total. The topological polar surface area (TPSA) is 55.1 Å². The third kappa shape index (κ3) is 3.00. The van der Waals surface area contributed by atoms with E-state index in [2.05, 4.69) is 5.32 Å². The molecule has 0 heterocycles. The molecule has 16 heavy (non-hydrogen) atoms. The van der Waals surface area contributed by atoms with Crippen LogP contribution in [0.2, 0.25) is 0 Å². The number of nitrogens with one attached hydrogen (secondary N) is 1. The summed E-state index contributed by atoms with van der Waals surface area (Å²) in [7, 11) is 0. The van der Waals surface area contributed by atoms with Gasteiger partial charge in [0.05, 0.1) is 5.56 Å². The van der Waals surface area contributed by atoms with Crippen LogP contribution in [0.1, 0.15) is 23.7 Å². The highest BCUT2D eigenvalue weighted by Gasteiger charge is 2.14. The van der Waals surface area contributed by atoms with Crippen LogP contribution in [0.4, 0.5) is 8.78 Å². The first kappa shape index (κ1) is 12.6. The van der Waals surface area contributed by atoms with Gasteiger partial charge in [0.2, 0.25) is 0 Å². The summed E-state index contributed by atoms with van der Waals surface area (Å²) in [5.74, 6) is -2.82. The quantitative estimate of drug-likeness (QED) is 0.819. The van der Waals surface area contributed by atoms with E-state index in [4.69, 9.17) is 5.73 Å². The number of hydrogen-bond donors (Lipinski definition) is 2. The second kappa shape index (κ2) is 5.55. The van der Waals surface area contributed by atoms with Gasteiger partial charge in [-0.15, -0.1) is 0 Å². The molecule has 3 N–H and O–H groups in total. The first-order chi connectivity index (χ1) is 7.56. The van der Waals surface area contributed by atoms with E-state index in [-0.39, 0.29) is 18.2 Å². The summed E-state index contributed by atoms with van der Waals surface area (Å²) in [6.45, 7) is 2.12. The smallest absolute Gasteiger partial charge is 0.254 e. The van der Waals surface area contributed by atoms with Crippen molar-refractivity contribution in [3.8, 4) is 0 Å². The lowest BCUT2D eigenvalue weighted by molar-refractivity contribution is 0.0946. The number of hydrogen-bond acceptors (Lipinski definition) is 2. The summed E-state index contributed by atoms with van der Waals surface area (Å²) in [6.07, 6.45) is 0.700. The van der Waals surface area contributed by atoms with E-state index >= 15 is 0 Å². The molecule has 1 rings (SSSR count). The minimum Gasteiger partial charge on any atom is -0.350 e. The molecule has 88 valence electrons. The molecule has 0 spiro atoms. The molecule has 0 bridgehead atoms. The Labute approximate surface area is 92.6 Å². The van der Waals surface area contributed by atoms with Gasteiger partial charge in [-0.1, -0.05) is 13.0 Å². The van der Waals surface area contributed by atoms with Crippen LogP contribution in [0.3, 0.4) is 0 Å². The first-order valence-electron chi connectivity index (χ1n) is 5.04. The molecule has 0 aliphatic heterocycles. The summed E-state index contributed by atoms with van der Waals surface area (Å²) in [5.41, 5.74) is 5.28. The Hall–Kier alpha value is -1.49. The van der Waals surface area contributed by atoms with Crippen molar-refractivity contribution in [2.24, 2.45) is 5.73 Å². The van der Waals surface area contributed by atoms with Gasteiger partial charge in [0.25, 0.3) is 5.91 Å². The molecule has 0 saturated carbocycles. The Kier molecular flexibility index (Phi) is 4.37. The van der Waals surface area contributed by atoms with Crippen molar-refractivity contribution in [3.05, 3.63) is 35.4 Å². The van der Waals surface area contributed by atoms with Crippen molar-refractivity contribution in [1.82, 2.24) is 5.32 Å². The van der Waals surface area contributed by atoms with Gasteiger partial charge in [-0.2, -0.15) is 0 Å². The number of carbonyl (C=O) groups is 1. The normalized spacial score (nSPS) is 12.2. The molecule has 1 atom stereocenters. The zero-order valence-corrected chi connectivity index (χ0v) is 8.97. The van der Waals surface area contributed by atoms with Crippen LogP contribution in [0.5, 0.6) is 0 Å². The van der Waals surface area contributed by atoms with Crippen LogP contribution in [-0.2, 0) is 0 Å². The minimum atomic E-state index is -1.13. The Balaban J connectivity index is 2.70. The standard InChI is InChI=1S/C11H14F2N2O/c1-2-7(14)6-15-11(16)8-4-3-5-9(12)10(8)13/h3-5,7H,2,6,14H2,1H3,(H,15,16). The summed E-state index contributed by atoms with van der Waals surface area (Å²) in [6, 6.07) is 3.29. The summed E-state index contributed by atoms with van der Waals surface area (Å²) in [4.78, 5) is 11.5. The monoisotopic (exact) mass is 228 g/mol. The molecule has 1 amide bonds. The maximum Gasteiger partial charge on any atom is 0.254 e. The molecule has 1 aromatic rings. The Morgan fingerprint density at radius 1 is 1.50 bits per heavy atom. The number of nitrogens with two attached hydrogens (primary N) is 1. The highest BCUT2D eigenvalue weighted by molar-refractivity contribution is 5.94. The van der Waals surface area contributed by atoms with Crippen LogP contribution in [-0.4, -0.2) is 18.5 Å². The largest absolute Gasteiger partial charge is 0.350 e. The highest BCUT2D eigenvalue weighted by Crippen LogP contribution is 2.10. The predicted octanol–water partition coefficient (Wildman–Crippen LogP) is 1.43. The zero-order chi connectivity index (χ0) is 12.1. The first-order valence-corrected chi connectivity index (χ1v) is 5.04. The molecule has 0 radical (unpaired) electrons. The van der Waals surface area contributed by atoms with Crippen LogP contribution in [0.25, 0.3) is 0 Å². The number of halogens is 2. The Morgan fingerprint density at radius 3 is 2.81 bits per heavy atom. The lowest BCUT2D eigenvalue weighted by atomic mass is 10.2. The summed E-state index contributed by atoms with van der Waals surface area (Å²) < 4.78 is 26.0. The van der Waals surface area contributed by atoms with Crippen molar-refractivity contribution in [3.63, 3.8) is 0 Å². The van der Waals surface area contributed by atoms with Crippen LogP contribution < -0.4 is 11.1 Å². The van der Waals surface area contributed by atoms with E-state index in [9.17, 15) is 13.6 Å². The molecule has 1 unspecified atom stereocenters.